The Hall–Kier alpha value is -3.28. The summed E-state index contributed by atoms with van der Waals surface area (Å²) in [5.41, 5.74) is 0.264. The number of rotatable bonds is 16. The molecule has 0 aliphatic rings. The van der Waals surface area contributed by atoms with Crippen LogP contribution < -0.4 is 5.22 Å². The highest BCUT2D eigenvalue weighted by Crippen LogP contribution is 2.34. The van der Waals surface area contributed by atoms with E-state index in [4.69, 9.17) is 19.3 Å². The fourth-order valence-corrected chi connectivity index (χ4v) is 6.41. The van der Waals surface area contributed by atoms with E-state index in [1.807, 2.05) is 83.8 Å². The van der Waals surface area contributed by atoms with Crippen LogP contribution in [0.25, 0.3) is 34.2 Å². The molecule has 3 aromatic carbocycles. The minimum absolute atomic E-state index is 0.0998. The predicted octanol–water partition coefficient (Wildman–Crippen LogP) is 8.63. The van der Waals surface area contributed by atoms with Gasteiger partial charge in [0.2, 0.25) is 0 Å². The lowest BCUT2D eigenvalue weighted by molar-refractivity contribution is -0.157. The molecule has 8 heteroatoms. The van der Waals surface area contributed by atoms with Crippen molar-refractivity contribution in [2.24, 2.45) is 5.41 Å². The number of carbonyl (C=O) groups excluding carboxylic acids is 3. The number of esters is 3. The second-order valence-electron chi connectivity index (χ2n) is 13.7. The average Bonchev–Trinajstić information content (AvgIpc) is 3.04. The molecule has 4 unspecified atom stereocenters. The minimum Gasteiger partial charge on any atom is -0.465 e. The molecular weight excluding hydrogens is 623 g/mol. The molecular formula is C40H57O7P. The second-order valence-corrected chi connectivity index (χ2v) is 15.3. The summed E-state index contributed by atoms with van der Waals surface area (Å²) in [5.74, 6) is -0.761. The van der Waals surface area contributed by atoms with Crippen LogP contribution >= 0.6 is 8.58 Å². The van der Waals surface area contributed by atoms with Crippen LogP contribution in [0.3, 0.4) is 0 Å². The maximum Gasteiger partial charge on any atom is 0.338 e. The fraction of sp³-hybridized carbons (Fsp3) is 0.525. The first-order chi connectivity index (χ1) is 22.5. The molecule has 0 saturated carbocycles. The van der Waals surface area contributed by atoms with Crippen molar-refractivity contribution in [3.8, 4) is 0 Å². The van der Waals surface area contributed by atoms with Gasteiger partial charge in [0.15, 0.2) is 0 Å². The summed E-state index contributed by atoms with van der Waals surface area (Å²) >= 11 is 0. The lowest BCUT2D eigenvalue weighted by atomic mass is 9.83. The second kappa shape index (κ2) is 17.9. The molecule has 0 heterocycles. The molecule has 0 aliphatic carbocycles. The quantitative estimate of drug-likeness (QED) is 0.0919. The Bertz CT molecular complexity index is 1590. The third kappa shape index (κ3) is 10.6. The molecule has 3 rings (SSSR count). The van der Waals surface area contributed by atoms with Crippen LogP contribution in [0, 0.1) is 5.41 Å². The number of aliphatic hydroxyl groups excluding tert-OH is 1. The van der Waals surface area contributed by atoms with Gasteiger partial charge in [-0.3, -0.25) is 9.59 Å². The van der Waals surface area contributed by atoms with Crippen molar-refractivity contribution in [2.45, 2.75) is 111 Å². The predicted molar refractivity (Wildman–Crippen MR) is 201 cm³/mol. The molecule has 7 nitrogen and oxygen atoms in total. The van der Waals surface area contributed by atoms with Crippen molar-refractivity contribution < 1.29 is 33.7 Å². The summed E-state index contributed by atoms with van der Waals surface area (Å²) in [6.45, 7) is 25.7. The first-order valence-corrected chi connectivity index (χ1v) is 18.6. The van der Waals surface area contributed by atoms with Gasteiger partial charge in [-0.05, 0) is 105 Å². The molecule has 264 valence electrons. The third-order valence-corrected chi connectivity index (χ3v) is 10.6. The lowest BCUT2D eigenvalue weighted by Gasteiger charge is -2.28. The molecule has 4 atom stereocenters. The van der Waals surface area contributed by atoms with Gasteiger partial charge in [0.1, 0.15) is 12.2 Å². The molecule has 0 radical (unpaired) electrons. The minimum atomic E-state index is -0.779. The monoisotopic (exact) mass is 680 g/mol. The highest BCUT2D eigenvalue weighted by Gasteiger charge is 2.33. The van der Waals surface area contributed by atoms with Gasteiger partial charge in [0, 0.05) is 6.42 Å². The zero-order chi connectivity index (χ0) is 36.3. The van der Waals surface area contributed by atoms with Crippen LogP contribution in [-0.4, -0.2) is 59.8 Å². The number of hydrogen-bond acceptors (Lipinski definition) is 7. The van der Waals surface area contributed by atoms with Gasteiger partial charge in [-0.15, -0.1) is 8.58 Å². The van der Waals surface area contributed by atoms with Crippen molar-refractivity contribution >= 4 is 60.7 Å². The van der Waals surface area contributed by atoms with E-state index in [2.05, 4.69) is 27.0 Å². The number of ether oxygens (including phenoxy) is 3. The van der Waals surface area contributed by atoms with E-state index in [1.54, 1.807) is 6.92 Å². The Morgan fingerprint density at radius 3 is 2.02 bits per heavy atom. The smallest absolute Gasteiger partial charge is 0.338 e. The van der Waals surface area contributed by atoms with Crippen molar-refractivity contribution in [1.29, 1.82) is 0 Å². The fourth-order valence-electron chi connectivity index (χ4n) is 5.64. The first kappa shape index (κ1) is 40.9. The van der Waals surface area contributed by atoms with Crippen LogP contribution in [0.1, 0.15) is 110 Å². The largest absolute Gasteiger partial charge is 0.465 e. The Labute approximate surface area is 289 Å². The number of hydrogen-bond donors (Lipinski definition) is 1. The summed E-state index contributed by atoms with van der Waals surface area (Å²) in [7, 11) is 0.536. The molecule has 1 N–H and O–H groups in total. The number of aliphatic hydroxyl groups is 1. The standard InChI is InChI=1S/C30H36O4.C10H21O3P/c1-8-15-30(7,10-3)28(32)33-17-16-29(5,6)34-27(31)24-18-22-12-11-20(4)25-21(9-2)13-14-23(19-24)26(22)25;1-5-6-10(3,14-4)9(12)13-7-8(2)11/h9,11-14,18-19H,2,4,8,10,15-17H2,1,3,5-7H3;8,11,14H,5-7H2,1-4H3. The van der Waals surface area contributed by atoms with E-state index >= 15 is 0 Å². The zero-order valence-corrected chi connectivity index (χ0v) is 31.6. The summed E-state index contributed by atoms with van der Waals surface area (Å²) < 4.78 is 16.4. The first-order valence-electron chi connectivity index (χ1n) is 17.1. The van der Waals surface area contributed by atoms with E-state index in [0.29, 0.717) is 20.6 Å². The molecule has 0 spiro atoms. The van der Waals surface area contributed by atoms with Crippen molar-refractivity contribution in [3.63, 3.8) is 0 Å². The van der Waals surface area contributed by atoms with Gasteiger partial charge in [-0.25, -0.2) is 4.79 Å². The van der Waals surface area contributed by atoms with Crippen LogP contribution in [0.15, 0.2) is 43.0 Å². The summed E-state index contributed by atoms with van der Waals surface area (Å²) in [5, 5.41) is 13.6. The van der Waals surface area contributed by atoms with E-state index < -0.39 is 23.1 Å². The van der Waals surface area contributed by atoms with Crippen LogP contribution in [0.5, 0.6) is 0 Å². The van der Waals surface area contributed by atoms with E-state index in [9.17, 15) is 14.4 Å². The summed E-state index contributed by atoms with van der Waals surface area (Å²) in [6, 6.07) is 11.6. The Morgan fingerprint density at radius 2 is 1.50 bits per heavy atom. The zero-order valence-electron chi connectivity index (χ0n) is 30.6. The molecule has 0 aliphatic heterocycles. The van der Waals surface area contributed by atoms with Crippen molar-refractivity contribution in [2.75, 3.05) is 19.9 Å². The van der Waals surface area contributed by atoms with Gasteiger partial charge >= 0.3 is 17.9 Å². The van der Waals surface area contributed by atoms with Crippen LogP contribution in [0.4, 0.5) is 0 Å². The normalized spacial score (nSPS) is 14.9. The highest BCUT2D eigenvalue weighted by atomic mass is 31.1. The van der Waals surface area contributed by atoms with Gasteiger partial charge in [0.05, 0.1) is 28.8 Å². The molecule has 0 saturated heterocycles. The molecule has 0 fully saturated rings. The molecule has 0 bridgehead atoms. The van der Waals surface area contributed by atoms with Crippen LogP contribution in [0.2, 0.25) is 0 Å². The maximum atomic E-state index is 13.1. The summed E-state index contributed by atoms with van der Waals surface area (Å²) in [6.07, 6.45) is 5.94. The number of benzene rings is 3. The van der Waals surface area contributed by atoms with Gasteiger partial charge in [-0.2, -0.15) is 0 Å². The molecule has 0 amide bonds. The van der Waals surface area contributed by atoms with Crippen molar-refractivity contribution in [3.05, 3.63) is 59.3 Å². The Balaban J connectivity index is 0.000000482. The lowest BCUT2D eigenvalue weighted by Crippen LogP contribution is -2.33. The van der Waals surface area contributed by atoms with Gasteiger partial charge in [-0.1, -0.05) is 77.1 Å². The van der Waals surface area contributed by atoms with E-state index in [0.717, 1.165) is 64.4 Å². The summed E-state index contributed by atoms with van der Waals surface area (Å²) in [4.78, 5) is 37.3. The topological polar surface area (TPSA) is 99.1 Å². The van der Waals surface area contributed by atoms with Crippen molar-refractivity contribution in [1.82, 2.24) is 0 Å². The molecule has 0 aromatic heterocycles. The molecule has 48 heavy (non-hydrogen) atoms. The SMILES string of the molecule is C=Cc1ccc2cc(C(=O)OC(C)(C)CCOC(=O)C(C)(CC)CCC)cc3ccc(=C)c1c23.CCCC(C)(PC)C(=O)OCC(C)O. The van der Waals surface area contributed by atoms with Gasteiger partial charge in [0.25, 0.3) is 0 Å². The Kier molecular flexibility index (Phi) is 15.3. The third-order valence-electron chi connectivity index (χ3n) is 9.01. The average molecular weight is 681 g/mol. The van der Waals surface area contributed by atoms with E-state index in [1.165, 1.54) is 0 Å². The van der Waals surface area contributed by atoms with E-state index in [-0.39, 0.29) is 30.3 Å². The maximum absolute atomic E-state index is 13.1. The number of carbonyl (C=O) groups is 3. The molecule has 3 aromatic rings. The highest BCUT2D eigenvalue weighted by molar-refractivity contribution is 7.40. The van der Waals surface area contributed by atoms with Gasteiger partial charge < -0.3 is 19.3 Å². The van der Waals surface area contributed by atoms with Crippen LogP contribution in [-0.2, 0) is 23.8 Å². The Morgan fingerprint density at radius 1 is 0.896 bits per heavy atom.